The fourth-order valence-corrected chi connectivity index (χ4v) is 3.14. The Labute approximate surface area is 124 Å². The monoisotopic (exact) mass is 287 g/mol. The van der Waals surface area contributed by atoms with Crippen LogP contribution in [-0.2, 0) is 17.9 Å². The zero-order valence-electron chi connectivity index (χ0n) is 12.3. The summed E-state index contributed by atoms with van der Waals surface area (Å²) in [5, 5.41) is 11.0. The molecule has 0 spiro atoms. The summed E-state index contributed by atoms with van der Waals surface area (Å²) in [5.41, 5.74) is 1.74. The minimum atomic E-state index is -1.07. The third-order valence-corrected chi connectivity index (χ3v) is 4.41. The Morgan fingerprint density at radius 2 is 2.10 bits per heavy atom. The van der Waals surface area contributed by atoms with E-state index in [1.54, 1.807) is 4.57 Å². The molecule has 0 atom stereocenters. The Morgan fingerprint density at radius 1 is 1.38 bits per heavy atom. The second-order valence-corrected chi connectivity index (χ2v) is 6.08. The molecule has 1 N–H and O–H groups in total. The van der Waals surface area contributed by atoms with Crippen LogP contribution in [0.1, 0.15) is 25.6 Å². The van der Waals surface area contributed by atoms with Crippen molar-refractivity contribution in [2.75, 3.05) is 13.1 Å². The lowest BCUT2D eigenvalue weighted by Gasteiger charge is -2.27. The van der Waals surface area contributed by atoms with Crippen LogP contribution in [0.4, 0.5) is 0 Å². The molecule has 0 aliphatic carbocycles. The van der Waals surface area contributed by atoms with Gasteiger partial charge in [-0.25, -0.2) is 4.98 Å². The molecule has 1 aliphatic heterocycles. The van der Waals surface area contributed by atoms with E-state index in [0.717, 1.165) is 42.4 Å². The number of carboxylic acids is 1. The molecule has 0 bridgehead atoms. The number of hydrogen-bond donors (Lipinski definition) is 1. The number of aromatic nitrogens is 2. The van der Waals surface area contributed by atoms with Gasteiger partial charge in [0.1, 0.15) is 6.54 Å². The van der Waals surface area contributed by atoms with Gasteiger partial charge < -0.3 is 19.4 Å². The van der Waals surface area contributed by atoms with Gasteiger partial charge in [-0.15, -0.1) is 0 Å². The maximum atomic E-state index is 11.0. The van der Waals surface area contributed by atoms with E-state index in [9.17, 15) is 9.90 Å². The number of nitrogens with zero attached hydrogens (tertiary/aromatic N) is 2. The van der Waals surface area contributed by atoms with Crippen molar-refractivity contribution in [2.24, 2.45) is 5.92 Å². The Balaban J connectivity index is 1.88. The fourth-order valence-electron chi connectivity index (χ4n) is 3.14. The second-order valence-electron chi connectivity index (χ2n) is 6.08. The average Bonchev–Trinajstić information content (AvgIpc) is 2.79. The summed E-state index contributed by atoms with van der Waals surface area (Å²) < 4.78 is 1.79. The molecule has 2 aromatic rings. The number of rotatable bonds is 4. The van der Waals surface area contributed by atoms with Gasteiger partial charge in [0.05, 0.1) is 36.6 Å². The first-order valence-electron chi connectivity index (χ1n) is 7.61. The van der Waals surface area contributed by atoms with Gasteiger partial charge in [0.15, 0.2) is 5.82 Å². The van der Waals surface area contributed by atoms with E-state index >= 15 is 0 Å². The molecule has 5 nitrogen and oxygen atoms in total. The van der Waals surface area contributed by atoms with Crippen LogP contribution >= 0.6 is 0 Å². The predicted octanol–water partition coefficient (Wildman–Crippen LogP) is -0.399. The fraction of sp³-hybridized carbons (Fsp3) is 0.500. The average molecular weight is 287 g/mol. The van der Waals surface area contributed by atoms with Gasteiger partial charge in [0.2, 0.25) is 0 Å². The molecule has 1 aromatic carbocycles. The van der Waals surface area contributed by atoms with E-state index < -0.39 is 5.97 Å². The van der Waals surface area contributed by atoms with Crippen molar-refractivity contribution in [3.05, 3.63) is 30.1 Å². The SMILES string of the molecule is CC1CC[NH+](Cc2nc3ccccc3n2CC(=O)[O-])CC1. The number of carboxylic acid groups (broad SMARTS) is 1. The lowest BCUT2D eigenvalue weighted by molar-refractivity contribution is -0.920. The van der Waals surface area contributed by atoms with Crippen molar-refractivity contribution in [1.29, 1.82) is 0 Å². The van der Waals surface area contributed by atoms with Gasteiger partial charge in [-0.1, -0.05) is 19.1 Å². The second kappa shape index (κ2) is 5.85. The van der Waals surface area contributed by atoms with E-state index in [2.05, 4.69) is 11.9 Å². The molecule has 21 heavy (non-hydrogen) atoms. The summed E-state index contributed by atoms with van der Waals surface area (Å²) in [6.07, 6.45) is 2.46. The van der Waals surface area contributed by atoms with Crippen LogP contribution < -0.4 is 10.0 Å². The molecule has 0 radical (unpaired) electrons. The number of aliphatic carboxylic acids is 1. The van der Waals surface area contributed by atoms with Gasteiger partial charge >= 0.3 is 0 Å². The number of likely N-dealkylation sites (tertiary alicyclic amines) is 1. The summed E-state index contributed by atoms with van der Waals surface area (Å²) in [4.78, 5) is 17.2. The maximum absolute atomic E-state index is 11.0. The van der Waals surface area contributed by atoms with Gasteiger partial charge in [-0.3, -0.25) is 0 Å². The first-order chi connectivity index (χ1) is 10.1. The number of carbonyl (C=O) groups excluding carboxylic acids is 1. The van der Waals surface area contributed by atoms with Crippen LogP contribution in [0.5, 0.6) is 0 Å². The lowest BCUT2D eigenvalue weighted by atomic mass is 9.99. The van der Waals surface area contributed by atoms with Crippen molar-refractivity contribution >= 4 is 17.0 Å². The van der Waals surface area contributed by atoms with Crippen LogP contribution in [0, 0.1) is 5.92 Å². The van der Waals surface area contributed by atoms with Gasteiger partial charge in [0, 0.05) is 0 Å². The summed E-state index contributed by atoms with van der Waals surface area (Å²) in [6, 6.07) is 7.69. The lowest BCUT2D eigenvalue weighted by Crippen LogP contribution is -3.11. The number of piperidine rings is 1. The third-order valence-electron chi connectivity index (χ3n) is 4.41. The number of benzene rings is 1. The van der Waals surface area contributed by atoms with Gasteiger partial charge in [0.25, 0.3) is 0 Å². The van der Waals surface area contributed by atoms with E-state index in [0.29, 0.717) is 0 Å². The van der Waals surface area contributed by atoms with Crippen LogP contribution in [0.15, 0.2) is 24.3 Å². The number of nitrogens with one attached hydrogen (secondary N) is 1. The van der Waals surface area contributed by atoms with Gasteiger partial charge in [-0.2, -0.15) is 0 Å². The molecular formula is C16H21N3O2. The Morgan fingerprint density at radius 3 is 2.81 bits per heavy atom. The molecule has 0 unspecified atom stereocenters. The minimum absolute atomic E-state index is 0.125. The predicted molar refractivity (Wildman–Crippen MR) is 77.5 cm³/mol. The number of carbonyl (C=O) groups is 1. The third kappa shape index (κ3) is 3.08. The van der Waals surface area contributed by atoms with Crippen LogP contribution in [0.25, 0.3) is 11.0 Å². The van der Waals surface area contributed by atoms with Gasteiger partial charge in [-0.05, 0) is 30.9 Å². The number of para-hydroxylation sites is 2. The van der Waals surface area contributed by atoms with Crippen LogP contribution in [-0.4, -0.2) is 28.6 Å². The highest BCUT2D eigenvalue weighted by Gasteiger charge is 2.22. The van der Waals surface area contributed by atoms with Crippen molar-refractivity contribution in [3.8, 4) is 0 Å². The molecule has 1 saturated heterocycles. The highest BCUT2D eigenvalue weighted by atomic mass is 16.4. The zero-order chi connectivity index (χ0) is 14.8. The highest BCUT2D eigenvalue weighted by molar-refractivity contribution is 5.77. The molecule has 1 fully saturated rings. The summed E-state index contributed by atoms with van der Waals surface area (Å²) in [5.74, 6) is 0.586. The summed E-state index contributed by atoms with van der Waals surface area (Å²) in [7, 11) is 0. The van der Waals surface area contributed by atoms with Crippen molar-refractivity contribution in [1.82, 2.24) is 9.55 Å². The quantitative estimate of drug-likeness (QED) is 0.832. The van der Waals surface area contributed by atoms with Crippen molar-refractivity contribution < 1.29 is 14.8 Å². The molecule has 0 saturated carbocycles. The first-order valence-corrected chi connectivity index (χ1v) is 7.61. The van der Waals surface area contributed by atoms with Crippen molar-refractivity contribution in [2.45, 2.75) is 32.9 Å². The normalized spacial score (nSPS) is 22.5. The number of quaternary nitrogens is 1. The molecule has 2 heterocycles. The Bertz CT molecular complexity index is 642. The first kappa shape index (κ1) is 14.1. The minimum Gasteiger partial charge on any atom is -0.548 e. The summed E-state index contributed by atoms with van der Waals surface area (Å²) >= 11 is 0. The maximum Gasteiger partial charge on any atom is 0.165 e. The molecule has 1 aromatic heterocycles. The van der Waals surface area contributed by atoms with E-state index in [1.165, 1.54) is 17.7 Å². The van der Waals surface area contributed by atoms with Crippen molar-refractivity contribution in [3.63, 3.8) is 0 Å². The van der Waals surface area contributed by atoms with E-state index in [4.69, 9.17) is 0 Å². The number of hydrogen-bond acceptors (Lipinski definition) is 3. The molecule has 0 amide bonds. The smallest absolute Gasteiger partial charge is 0.165 e. The standard InChI is InChI=1S/C16H21N3O2/c1-12-6-8-18(9-7-12)10-15-17-13-4-2-3-5-14(13)19(15)11-16(20)21/h2-5,12H,6-11H2,1H3,(H,20,21). The number of imidazole rings is 1. The van der Waals surface area contributed by atoms with Crippen LogP contribution in [0.2, 0.25) is 0 Å². The molecule has 112 valence electrons. The molecule has 1 aliphatic rings. The largest absolute Gasteiger partial charge is 0.548 e. The van der Waals surface area contributed by atoms with Crippen LogP contribution in [0.3, 0.4) is 0 Å². The molecular weight excluding hydrogens is 266 g/mol. The van der Waals surface area contributed by atoms with E-state index in [-0.39, 0.29) is 6.54 Å². The topological polar surface area (TPSA) is 62.4 Å². The summed E-state index contributed by atoms with van der Waals surface area (Å²) in [6.45, 7) is 5.22. The van der Waals surface area contributed by atoms with E-state index in [1.807, 2.05) is 24.3 Å². The molecule has 5 heteroatoms. The zero-order valence-corrected chi connectivity index (χ0v) is 12.3. The Hall–Kier alpha value is -1.88. The Kier molecular flexibility index (Phi) is 3.92. The highest BCUT2D eigenvalue weighted by Crippen LogP contribution is 2.15. The molecule has 3 rings (SSSR count). The number of fused-ring (bicyclic) bond motifs is 1.